The van der Waals surface area contributed by atoms with E-state index in [2.05, 4.69) is 36.7 Å². The highest BCUT2D eigenvalue weighted by atomic mass is 79.9. The summed E-state index contributed by atoms with van der Waals surface area (Å²) in [4.78, 5) is 24.9. The minimum Gasteiger partial charge on any atom is -0.482 e. The van der Waals surface area contributed by atoms with Gasteiger partial charge in [0.1, 0.15) is 5.75 Å². The van der Waals surface area contributed by atoms with Crippen LogP contribution >= 0.6 is 28.1 Å². The second kappa shape index (κ2) is 10.9. The van der Waals surface area contributed by atoms with Crippen molar-refractivity contribution < 1.29 is 14.3 Å². The SMILES string of the molecule is CC(=O)c1c(C)n(-c2ccc(C)cc2)c2cc(Br)c(OCC(=O)NNC(=S)Nc3ccccc3)cc12. The number of aromatic nitrogens is 1. The zero-order valence-corrected chi connectivity index (χ0v) is 22.4. The van der Waals surface area contributed by atoms with E-state index in [1.807, 2.05) is 74.5 Å². The van der Waals surface area contributed by atoms with Crippen LogP contribution in [-0.2, 0) is 4.79 Å². The van der Waals surface area contributed by atoms with E-state index in [4.69, 9.17) is 17.0 Å². The van der Waals surface area contributed by atoms with Crippen molar-refractivity contribution in [2.75, 3.05) is 11.9 Å². The monoisotopic (exact) mass is 564 g/mol. The lowest BCUT2D eigenvalue weighted by Gasteiger charge is -2.13. The number of anilines is 1. The molecule has 4 aromatic rings. The Morgan fingerprint density at radius 1 is 1.00 bits per heavy atom. The summed E-state index contributed by atoms with van der Waals surface area (Å²) < 4.78 is 8.50. The molecule has 1 amide bonds. The van der Waals surface area contributed by atoms with Crippen molar-refractivity contribution in [1.29, 1.82) is 0 Å². The summed E-state index contributed by atoms with van der Waals surface area (Å²) in [6.45, 7) is 5.26. The highest BCUT2D eigenvalue weighted by molar-refractivity contribution is 9.10. The van der Waals surface area contributed by atoms with Gasteiger partial charge in [-0.05, 0) is 85.3 Å². The first-order valence-electron chi connectivity index (χ1n) is 11.2. The summed E-state index contributed by atoms with van der Waals surface area (Å²) in [6, 6.07) is 21.2. The van der Waals surface area contributed by atoms with Crippen molar-refractivity contribution in [3.05, 3.63) is 88.0 Å². The number of aryl methyl sites for hydroxylation is 1. The number of amides is 1. The maximum atomic E-state index is 12.6. The fraction of sp³-hybridized carbons (Fsp3) is 0.148. The Morgan fingerprint density at radius 2 is 1.69 bits per heavy atom. The minimum atomic E-state index is -0.417. The number of halogens is 1. The summed E-state index contributed by atoms with van der Waals surface area (Å²) in [5.41, 5.74) is 10.4. The number of fused-ring (bicyclic) bond motifs is 1. The van der Waals surface area contributed by atoms with Crippen LogP contribution in [0.15, 0.2) is 71.2 Å². The lowest BCUT2D eigenvalue weighted by molar-refractivity contribution is -0.123. The first-order chi connectivity index (χ1) is 17.2. The predicted octanol–water partition coefficient (Wildman–Crippen LogP) is 5.61. The number of rotatable bonds is 6. The molecule has 0 saturated carbocycles. The zero-order valence-electron chi connectivity index (χ0n) is 20.0. The average molecular weight is 565 g/mol. The summed E-state index contributed by atoms with van der Waals surface area (Å²) in [5, 5.41) is 3.97. The molecule has 0 unspecified atom stereocenters. The molecule has 0 atom stereocenters. The molecule has 0 aliphatic heterocycles. The number of carbonyl (C=O) groups excluding carboxylic acids is 2. The number of thiocarbonyl (C=S) groups is 1. The number of nitrogens with zero attached hydrogens (tertiary/aromatic N) is 1. The largest absolute Gasteiger partial charge is 0.482 e. The Balaban J connectivity index is 1.51. The molecule has 0 aliphatic carbocycles. The highest BCUT2D eigenvalue weighted by Gasteiger charge is 2.21. The first kappa shape index (κ1) is 25.4. The van der Waals surface area contributed by atoms with E-state index < -0.39 is 5.91 Å². The van der Waals surface area contributed by atoms with Gasteiger partial charge in [0, 0.05) is 28.0 Å². The van der Waals surface area contributed by atoms with Gasteiger partial charge >= 0.3 is 0 Å². The summed E-state index contributed by atoms with van der Waals surface area (Å²) in [6.07, 6.45) is 0. The van der Waals surface area contributed by atoms with Crippen LogP contribution < -0.4 is 20.9 Å². The van der Waals surface area contributed by atoms with Crippen LogP contribution in [0.25, 0.3) is 16.6 Å². The molecule has 0 radical (unpaired) electrons. The van der Waals surface area contributed by atoms with Crippen LogP contribution in [0, 0.1) is 13.8 Å². The van der Waals surface area contributed by atoms with Gasteiger partial charge in [0.15, 0.2) is 17.5 Å². The Morgan fingerprint density at radius 3 is 2.36 bits per heavy atom. The standard InChI is InChI=1S/C27H25BrN4O3S/c1-16-9-11-20(12-10-16)32-17(2)26(18(3)33)21-13-24(22(28)14-23(21)32)35-15-25(34)30-31-27(36)29-19-7-5-4-6-8-19/h4-14H,15H2,1-3H3,(H,30,34)(H2,29,31,36). The first-order valence-corrected chi connectivity index (χ1v) is 12.4. The molecule has 4 rings (SSSR count). The molecule has 0 fully saturated rings. The molecule has 3 N–H and O–H groups in total. The topological polar surface area (TPSA) is 84.4 Å². The quantitative estimate of drug-likeness (QED) is 0.160. The Bertz CT molecular complexity index is 1450. The van der Waals surface area contributed by atoms with E-state index in [9.17, 15) is 9.59 Å². The fourth-order valence-electron chi connectivity index (χ4n) is 3.99. The maximum absolute atomic E-state index is 12.6. The van der Waals surface area contributed by atoms with E-state index in [1.54, 1.807) is 13.0 Å². The maximum Gasteiger partial charge on any atom is 0.276 e. The number of hydrogen-bond acceptors (Lipinski definition) is 4. The third kappa shape index (κ3) is 5.58. The second-order valence-corrected chi connectivity index (χ2v) is 9.53. The van der Waals surface area contributed by atoms with E-state index >= 15 is 0 Å². The molecule has 0 saturated heterocycles. The van der Waals surface area contributed by atoms with Gasteiger partial charge in [-0.3, -0.25) is 20.4 Å². The van der Waals surface area contributed by atoms with Gasteiger partial charge in [-0.2, -0.15) is 0 Å². The summed E-state index contributed by atoms with van der Waals surface area (Å²) in [7, 11) is 0. The molecule has 9 heteroatoms. The van der Waals surface area contributed by atoms with Crippen LogP contribution in [-0.4, -0.2) is 28.0 Å². The van der Waals surface area contributed by atoms with E-state index in [1.165, 1.54) is 0 Å². The van der Waals surface area contributed by atoms with Gasteiger partial charge in [0.2, 0.25) is 0 Å². The van der Waals surface area contributed by atoms with Crippen molar-refractivity contribution >= 4 is 61.5 Å². The number of Topliss-reactive ketones (excluding diaryl/α,β-unsaturated/α-hetero) is 1. The number of ether oxygens (including phenoxy) is 1. The van der Waals surface area contributed by atoms with Gasteiger partial charge in [-0.25, -0.2) is 0 Å². The molecule has 184 valence electrons. The van der Waals surface area contributed by atoms with Gasteiger partial charge < -0.3 is 14.6 Å². The van der Waals surface area contributed by atoms with Crippen LogP contribution in [0.3, 0.4) is 0 Å². The van der Waals surface area contributed by atoms with Crippen molar-refractivity contribution in [2.24, 2.45) is 0 Å². The summed E-state index contributed by atoms with van der Waals surface area (Å²) >= 11 is 8.74. The molecule has 1 aromatic heterocycles. The normalized spacial score (nSPS) is 10.7. The number of ketones is 1. The molecule has 7 nitrogen and oxygen atoms in total. The van der Waals surface area contributed by atoms with E-state index in [0.717, 1.165) is 33.5 Å². The third-order valence-corrected chi connectivity index (χ3v) is 6.43. The van der Waals surface area contributed by atoms with Crippen molar-refractivity contribution in [2.45, 2.75) is 20.8 Å². The van der Waals surface area contributed by atoms with E-state index in [-0.39, 0.29) is 17.5 Å². The number of hydrazine groups is 1. The van der Waals surface area contributed by atoms with Crippen LogP contribution in [0.5, 0.6) is 5.75 Å². The van der Waals surface area contributed by atoms with Crippen molar-refractivity contribution in [3.63, 3.8) is 0 Å². The number of carbonyl (C=O) groups is 2. The van der Waals surface area contributed by atoms with Crippen LogP contribution in [0.1, 0.15) is 28.5 Å². The van der Waals surface area contributed by atoms with Crippen molar-refractivity contribution in [1.82, 2.24) is 15.4 Å². The molecule has 36 heavy (non-hydrogen) atoms. The summed E-state index contributed by atoms with van der Waals surface area (Å²) in [5.74, 6) is -0.0106. The molecular formula is C27H25BrN4O3S. The van der Waals surface area contributed by atoms with Gasteiger partial charge in [-0.15, -0.1) is 0 Å². The van der Waals surface area contributed by atoms with Crippen LogP contribution in [0.4, 0.5) is 5.69 Å². The van der Waals surface area contributed by atoms with Gasteiger partial charge in [0.05, 0.1) is 9.99 Å². The number of benzene rings is 3. The number of para-hydroxylation sites is 1. The molecule has 0 spiro atoms. The molecule has 1 heterocycles. The average Bonchev–Trinajstić information content (AvgIpc) is 3.13. The molecule has 0 aliphatic rings. The van der Waals surface area contributed by atoms with Gasteiger partial charge in [0.25, 0.3) is 5.91 Å². The van der Waals surface area contributed by atoms with Crippen molar-refractivity contribution in [3.8, 4) is 11.4 Å². The third-order valence-electron chi connectivity index (χ3n) is 5.61. The Kier molecular flexibility index (Phi) is 7.71. The fourth-order valence-corrected chi connectivity index (χ4v) is 4.60. The minimum absolute atomic E-state index is 0.0435. The lowest BCUT2D eigenvalue weighted by Crippen LogP contribution is -2.45. The Hall–Kier alpha value is -3.69. The number of hydrogen-bond donors (Lipinski definition) is 3. The predicted molar refractivity (Wildman–Crippen MR) is 150 cm³/mol. The number of nitrogens with one attached hydrogen (secondary N) is 3. The highest BCUT2D eigenvalue weighted by Crippen LogP contribution is 2.37. The zero-order chi connectivity index (χ0) is 25.8. The lowest BCUT2D eigenvalue weighted by atomic mass is 10.1. The second-order valence-electron chi connectivity index (χ2n) is 8.27. The molecular weight excluding hydrogens is 540 g/mol. The van der Waals surface area contributed by atoms with Crippen LogP contribution in [0.2, 0.25) is 0 Å². The molecule has 0 bridgehead atoms. The van der Waals surface area contributed by atoms with Gasteiger partial charge in [-0.1, -0.05) is 35.9 Å². The molecule has 3 aromatic carbocycles. The smallest absolute Gasteiger partial charge is 0.276 e. The van der Waals surface area contributed by atoms with E-state index in [0.29, 0.717) is 15.8 Å². The Labute approximate surface area is 222 Å².